The van der Waals surface area contributed by atoms with Gasteiger partial charge in [-0.15, -0.1) is 6.58 Å². The second kappa shape index (κ2) is 6.20. The lowest BCUT2D eigenvalue weighted by Gasteiger charge is -2.19. The minimum Gasteiger partial charge on any atom is -0.297 e. The lowest BCUT2D eigenvalue weighted by atomic mass is 10.2. The summed E-state index contributed by atoms with van der Waals surface area (Å²) in [5, 5.41) is 0. The fourth-order valence-corrected chi connectivity index (χ4v) is 1.33. The van der Waals surface area contributed by atoms with Crippen LogP contribution in [0, 0.1) is 0 Å². The molecule has 1 heteroatoms. The Morgan fingerprint density at radius 3 is 2.60 bits per heavy atom. The van der Waals surface area contributed by atoms with Crippen LogP contribution < -0.4 is 0 Å². The first-order chi connectivity index (χ1) is 7.24. The molecule has 0 bridgehead atoms. The van der Waals surface area contributed by atoms with Gasteiger partial charge in [-0.3, -0.25) is 4.90 Å². The van der Waals surface area contributed by atoms with Gasteiger partial charge in [0.15, 0.2) is 0 Å². The van der Waals surface area contributed by atoms with Crippen LogP contribution in [0.25, 0.3) is 6.08 Å². The number of hydrogen-bond donors (Lipinski definition) is 0. The molecule has 0 amide bonds. The van der Waals surface area contributed by atoms with Gasteiger partial charge in [-0.2, -0.15) is 0 Å². The molecule has 15 heavy (non-hydrogen) atoms. The first-order valence-electron chi connectivity index (χ1n) is 5.28. The average molecular weight is 201 g/mol. The van der Waals surface area contributed by atoms with Crippen LogP contribution in [0.5, 0.6) is 0 Å². The number of benzene rings is 1. The van der Waals surface area contributed by atoms with E-state index in [0.29, 0.717) is 6.04 Å². The van der Waals surface area contributed by atoms with Crippen LogP contribution >= 0.6 is 0 Å². The number of hydrogen-bond acceptors (Lipinski definition) is 1. The van der Waals surface area contributed by atoms with Gasteiger partial charge in [-0.05, 0) is 19.5 Å². The first kappa shape index (κ1) is 11.7. The molecule has 1 atom stereocenters. The van der Waals surface area contributed by atoms with Gasteiger partial charge in [0.25, 0.3) is 0 Å². The number of likely N-dealkylation sites (N-methyl/N-ethyl adjacent to an activating group) is 1. The van der Waals surface area contributed by atoms with Gasteiger partial charge in [0, 0.05) is 12.6 Å². The van der Waals surface area contributed by atoms with Crippen LogP contribution in [0.3, 0.4) is 0 Å². The van der Waals surface area contributed by atoms with Crippen molar-refractivity contribution < 1.29 is 0 Å². The van der Waals surface area contributed by atoms with Gasteiger partial charge in [-0.1, -0.05) is 48.6 Å². The van der Waals surface area contributed by atoms with E-state index in [-0.39, 0.29) is 0 Å². The molecule has 1 aromatic rings. The maximum absolute atomic E-state index is 3.74. The number of nitrogens with zero attached hydrogens (tertiary/aromatic N) is 1. The van der Waals surface area contributed by atoms with Crippen molar-refractivity contribution in [3.63, 3.8) is 0 Å². The lowest BCUT2D eigenvalue weighted by Crippen LogP contribution is -2.27. The molecule has 1 nitrogen and oxygen atoms in total. The fourth-order valence-electron chi connectivity index (χ4n) is 1.33. The predicted octanol–water partition coefficient (Wildman–Crippen LogP) is 3.21. The monoisotopic (exact) mass is 201 g/mol. The molecule has 1 unspecified atom stereocenters. The molecule has 0 saturated carbocycles. The van der Waals surface area contributed by atoms with Gasteiger partial charge >= 0.3 is 0 Å². The van der Waals surface area contributed by atoms with Crippen molar-refractivity contribution in [1.82, 2.24) is 4.90 Å². The molecule has 0 radical (unpaired) electrons. The maximum atomic E-state index is 3.74. The molecular formula is C14H19N. The third-order valence-electron chi connectivity index (χ3n) is 2.48. The summed E-state index contributed by atoms with van der Waals surface area (Å²) in [5.41, 5.74) is 1.25. The second-order valence-electron chi connectivity index (χ2n) is 3.74. The molecule has 0 fully saturated rings. The molecule has 80 valence electrons. The van der Waals surface area contributed by atoms with Crippen molar-refractivity contribution in [2.45, 2.75) is 13.0 Å². The highest BCUT2D eigenvalue weighted by Gasteiger charge is 2.01. The molecule has 0 saturated heterocycles. The third kappa shape index (κ3) is 4.13. The van der Waals surface area contributed by atoms with Crippen LogP contribution in [0.1, 0.15) is 12.5 Å². The standard InChI is InChI=1S/C14H19N/c1-4-12-15(3)13(2)10-11-14-8-6-5-7-9-14/h4-11,13H,1,12H2,2-3H3/b11-10+. The highest BCUT2D eigenvalue weighted by Crippen LogP contribution is 2.04. The molecular weight excluding hydrogens is 182 g/mol. The summed E-state index contributed by atoms with van der Waals surface area (Å²) in [4.78, 5) is 2.24. The maximum Gasteiger partial charge on any atom is 0.0253 e. The van der Waals surface area contributed by atoms with E-state index in [0.717, 1.165) is 6.54 Å². The van der Waals surface area contributed by atoms with Gasteiger partial charge in [0.05, 0.1) is 0 Å². The highest BCUT2D eigenvalue weighted by molar-refractivity contribution is 5.49. The quantitative estimate of drug-likeness (QED) is 0.661. The van der Waals surface area contributed by atoms with E-state index >= 15 is 0 Å². The minimum absolute atomic E-state index is 0.434. The van der Waals surface area contributed by atoms with E-state index in [9.17, 15) is 0 Å². The third-order valence-corrected chi connectivity index (χ3v) is 2.48. The van der Waals surface area contributed by atoms with Crippen LogP contribution in [0.15, 0.2) is 49.1 Å². The Morgan fingerprint density at radius 2 is 2.00 bits per heavy atom. The van der Waals surface area contributed by atoms with Crippen LogP contribution in [-0.4, -0.2) is 24.5 Å². The molecule has 0 spiro atoms. The Kier molecular flexibility index (Phi) is 4.85. The summed E-state index contributed by atoms with van der Waals surface area (Å²) < 4.78 is 0. The highest BCUT2D eigenvalue weighted by atomic mass is 15.1. The summed E-state index contributed by atoms with van der Waals surface area (Å²) in [7, 11) is 2.10. The van der Waals surface area contributed by atoms with E-state index in [4.69, 9.17) is 0 Å². The smallest absolute Gasteiger partial charge is 0.0253 e. The zero-order chi connectivity index (χ0) is 11.1. The normalized spacial score (nSPS) is 13.3. The van der Waals surface area contributed by atoms with Gasteiger partial charge < -0.3 is 0 Å². The molecule has 0 heterocycles. The number of rotatable bonds is 5. The Hall–Kier alpha value is -1.34. The van der Waals surface area contributed by atoms with Crippen LogP contribution in [-0.2, 0) is 0 Å². The Labute approximate surface area is 92.7 Å². The van der Waals surface area contributed by atoms with Crippen molar-refractivity contribution >= 4 is 6.08 Å². The van der Waals surface area contributed by atoms with Crippen molar-refractivity contribution in [2.24, 2.45) is 0 Å². The van der Waals surface area contributed by atoms with Gasteiger partial charge in [-0.25, -0.2) is 0 Å². The fraction of sp³-hybridized carbons (Fsp3) is 0.286. The van der Waals surface area contributed by atoms with E-state index < -0.39 is 0 Å². The van der Waals surface area contributed by atoms with Crippen molar-refractivity contribution in [1.29, 1.82) is 0 Å². The zero-order valence-corrected chi connectivity index (χ0v) is 9.56. The SMILES string of the molecule is C=CCN(C)C(C)/C=C/c1ccccc1. The van der Waals surface area contributed by atoms with E-state index in [1.165, 1.54) is 5.56 Å². The van der Waals surface area contributed by atoms with Crippen molar-refractivity contribution in [2.75, 3.05) is 13.6 Å². The summed E-state index contributed by atoms with van der Waals surface area (Å²) in [6, 6.07) is 10.8. The molecule has 0 aliphatic heterocycles. The summed E-state index contributed by atoms with van der Waals surface area (Å²) >= 11 is 0. The van der Waals surface area contributed by atoms with E-state index in [1.807, 2.05) is 12.1 Å². The molecule has 0 aromatic heterocycles. The van der Waals surface area contributed by atoms with Crippen LogP contribution in [0.4, 0.5) is 0 Å². The summed E-state index contributed by atoms with van der Waals surface area (Å²) in [6.45, 7) is 6.84. The molecule has 0 aliphatic carbocycles. The molecule has 0 aliphatic rings. The summed E-state index contributed by atoms with van der Waals surface area (Å²) in [6.07, 6.45) is 6.29. The minimum atomic E-state index is 0.434. The molecule has 1 aromatic carbocycles. The Morgan fingerprint density at radius 1 is 1.33 bits per heavy atom. The Bertz CT molecular complexity index is 313. The van der Waals surface area contributed by atoms with Gasteiger partial charge in [0.1, 0.15) is 0 Å². The molecule has 1 rings (SSSR count). The topological polar surface area (TPSA) is 3.24 Å². The predicted molar refractivity (Wildman–Crippen MR) is 67.8 cm³/mol. The van der Waals surface area contributed by atoms with Crippen molar-refractivity contribution in [3.05, 3.63) is 54.6 Å². The molecule has 0 N–H and O–H groups in total. The Balaban J connectivity index is 2.54. The van der Waals surface area contributed by atoms with E-state index in [1.54, 1.807) is 0 Å². The van der Waals surface area contributed by atoms with Crippen LogP contribution in [0.2, 0.25) is 0 Å². The van der Waals surface area contributed by atoms with Gasteiger partial charge in [0.2, 0.25) is 0 Å². The largest absolute Gasteiger partial charge is 0.297 e. The van der Waals surface area contributed by atoms with E-state index in [2.05, 4.69) is 61.9 Å². The second-order valence-corrected chi connectivity index (χ2v) is 3.74. The lowest BCUT2D eigenvalue weighted by molar-refractivity contribution is 0.330. The summed E-state index contributed by atoms with van der Waals surface area (Å²) in [5.74, 6) is 0. The van der Waals surface area contributed by atoms with Crippen molar-refractivity contribution in [3.8, 4) is 0 Å². The zero-order valence-electron chi connectivity index (χ0n) is 9.56. The average Bonchev–Trinajstić information content (AvgIpc) is 2.27. The first-order valence-corrected chi connectivity index (χ1v) is 5.28.